The Morgan fingerprint density at radius 1 is 1.33 bits per heavy atom. The molecule has 0 bridgehead atoms. The number of hydrogen-bond donors (Lipinski definition) is 2. The highest BCUT2D eigenvalue weighted by Crippen LogP contribution is 2.39. The minimum Gasteiger partial charge on any atom is -0.294 e. The number of hydrogen-bond acceptors (Lipinski definition) is 2. The lowest BCUT2D eigenvalue weighted by Crippen LogP contribution is -2.37. The maximum Gasteiger partial charge on any atom is 0.236 e. The molecular formula is C13H16ClFN2O. The topological polar surface area (TPSA) is 55.1 Å². The third-order valence-corrected chi connectivity index (χ3v) is 4.06. The Hall–Kier alpha value is -1.13. The summed E-state index contributed by atoms with van der Waals surface area (Å²) in [5.74, 6) is 4.83. The highest BCUT2D eigenvalue weighted by atomic mass is 35.5. The van der Waals surface area contributed by atoms with Crippen LogP contribution in [0, 0.1) is 11.7 Å². The standard InChI is InChI=1S/C13H16ClFN2O/c14-12-10(2-1-3-11(12)15)8-4-6-9(7-5-8)13(18)17-16/h1-3,8-9H,4-7,16H2,(H,17,18)/t8-,9-. The van der Waals surface area contributed by atoms with Crippen LogP contribution in [-0.4, -0.2) is 5.91 Å². The van der Waals surface area contributed by atoms with Crippen LogP contribution >= 0.6 is 11.6 Å². The Bertz CT molecular complexity index is 445. The maximum absolute atomic E-state index is 13.4. The molecule has 0 unspecified atom stereocenters. The average molecular weight is 271 g/mol. The van der Waals surface area contributed by atoms with Gasteiger partial charge in [-0.2, -0.15) is 0 Å². The molecule has 0 radical (unpaired) electrons. The normalized spacial score (nSPS) is 23.7. The number of nitrogens with two attached hydrogens (primary N) is 1. The molecule has 0 aromatic heterocycles. The van der Waals surface area contributed by atoms with Gasteiger partial charge in [-0.3, -0.25) is 10.2 Å². The molecule has 1 aromatic rings. The number of carbonyl (C=O) groups excluding carboxylic acids is 1. The highest BCUT2D eigenvalue weighted by molar-refractivity contribution is 6.31. The number of amides is 1. The highest BCUT2D eigenvalue weighted by Gasteiger charge is 2.28. The van der Waals surface area contributed by atoms with Gasteiger partial charge in [0, 0.05) is 5.92 Å². The Balaban J connectivity index is 2.06. The minimum atomic E-state index is -0.379. The summed E-state index contributed by atoms with van der Waals surface area (Å²) in [7, 11) is 0. The molecular weight excluding hydrogens is 255 g/mol. The smallest absolute Gasteiger partial charge is 0.236 e. The van der Waals surface area contributed by atoms with E-state index in [1.807, 2.05) is 6.07 Å². The molecule has 1 aliphatic carbocycles. The third-order valence-electron chi connectivity index (χ3n) is 3.66. The zero-order chi connectivity index (χ0) is 13.1. The molecule has 0 aliphatic heterocycles. The first-order valence-corrected chi connectivity index (χ1v) is 6.45. The molecule has 2 rings (SSSR count). The van der Waals surface area contributed by atoms with Crippen LogP contribution < -0.4 is 11.3 Å². The van der Waals surface area contributed by atoms with Gasteiger partial charge >= 0.3 is 0 Å². The van der Waals surface area contributed by atoms with Gasteiger partial charge in [0.05, 0.1) is 5.02 Å². The second kappa shape index (κ2) is 5.67. The number of benzene rings is 1. The van der Waals surface area contributed by atoms with Crippen molar-refractivity contribution in [1.82, 2.24) is 5.43 Å². The molecule has 1 amide bonds. The quantitative estimate of drug-likeness (QED) is 0.493. The van der Waals surface area contributed by atoms with E-state index in [0.717, 1.165) is 31.2 Å². The maximum atomic E-state index is 13.4. The summed E-state index contributed by atoms with van der Waals surface area (Å²) in [6, 6.07) is 4.90. The van der Waals surface area contributed by atoms with Crippen LogP contribution in [-0.2, 0) is 4.79 Å². The van der Waals surface area contributed by atoms with E-state index in [0.29, 0.717) is 0 Å². The van der Waals surface area contributed by atoms with Crippen molar-refractivity contribution < 1.29 is 9.18 Å². The molecule has 3 N–H and O–H groups in total. The van der Waals surface area contributed by atoms with Crippen molar-refractivity contribution in [1.29, 1.82) is 0 Å². The van der Waals surface area contributed by atoms with Gasteiger partial charge in [-0.15, -0.1) is 0 Å². The summed E-state index contributed by atoms with van der Waals surface area (Å²) in [5, 5.41) is 0.212. The summed E-state index contributed by atoms with van der Waals surface area (Å²) in [6.45, 7) is 0. The molecule has 1 aliphatic rings. The fourth-order valence-electron chi connectivity index (χ4n) is 2.62. The summed E-state index contributed by atoms with van der Waals surface area (Å²) in [6.07, 6.45) is 3.20. The lowest BCUT2D eigenvalue weighted by molar-refractivity contribution is -0.126. The number of halogens is 2. The Morgan fingerprint density at radius 3 is 2.61 bits per heavy atom. The average Bonchev–Trinajstić information content (AvgIpc) is 2.41. The van der Waals surface area contributed by atoms with Gasteiger partial charge in [0.25, 0.3) is 0 Å². The van der Waals surface area contributed by atoms with Crippen molar-refractivity contribution in [3.8, 4) is 0 Å². The van der Waals surface area contributed by atoms with Crippen molar-refractivity contribution in [3.63, 3.8) is 0 Å². The monoisotopic (exact) mass is 270 g/mol. The van der Waals surface area contributed by atoms with Gasteiger partial charge in [0.1, 0.15) is 5.82 Å². The molecule has 0 atom stereocenters. The Kier molecular flexibility index (Phi) is 4.19. The molecule has 1 saturated carbocycles. The van der Waals surface area contributed by atoms with Gasteiger partial charge in [-0.25, -0.2) is 10.2 Å². The first-order chi connectivity index (χ1) is 8.63. The van der Waals surface area contributed by atoms with Gasteiger partial charge in [0.2, 0.25) is 5.91 Å². The lowest BCUT2D eigenvalue weighted by Gasteiger charge is -2.28. The molecule has 0 saturated heterocycles. The van der Waals surface area contributed by atoms with Gasteiger partial charge in [-0.1, -0.05) is 23.7 Å². The minimum absolute atomic E-state index is 0.0291. The summed E-state index contributed by atoms with van der Waals surface area (Å²) < 4.78 is 13.4. The molecule has 0 heterocycles. The van der Waals surface area contributed by atoms with Crippen LogP contribution in [0.5, 0.6) is 0 Å². The van der Waals surface area contributed by atoms with Crippen LogP contribution in [0.1, 0.15) is 37.2 Å². The van der Waals surface area contributed by atoms with Gasteiger partial charge in [0.15, 0.2) is 0 Å². The van der Waals surface area contributed by atoms with E-state index in [1.54, 1.807) is 6.07 Å². The zero-order valence-corrected chi connectivity index (χ0v) is 10.7. The third kappa shape index (κ3) is 2.65. The largest absolute Gasteiger partial charge is 0.294 e. The lowest BCUT2D eigenvalue weighted by atomic mass is 9.78. The summed E-state index contributed by atoms with van der Waals surface area (Å²) in [4.78, 5) is 11.4. The molecule has 5 heteroatoms. The van der Waals surface area contributed by atoms with Crippen molar-refractivity contribution in [2.75, 3.05) is 0 Å². The van der Waals surface area contributed by atoms with Crippen molar-refractivity contribution in [2.45, 2.75) is 31.6 Å². The van der Waals surface area contributed by atoms with E-state index in [2.05, 4.69) is 5.43 Å². The zero-order valence-electron chi connectivity index (χ0n) is 9.96. The molecule has 1 aromatic carbocycles. The summed E-state index contributed by atoms with van der Waals surface area (Å²) in [5.41, 5.74) is 3.04. The first-order valence-electron chi connectivity index (χ1n) is 6.08. The van der Waals surface area contributed by atoms with Crippen LogP contribution in [0.4, 0.5) is 4.39 Å². The van der Waals surface area contributed by atoms with E-state index >= 15 is 0 Å². The van der Waals surface area contributed by atoms with Crippen molar-refractivity contribution >= 4 is 17.5 Å². The summed E-state index contributed by atoms with van der Waals surface area (Å²) >= 11 is 5.98. The fourth-order valence-corrected chi connectivity index (χ4v) is 2.90. The van der Waals surface area contributed by atoms with Crippen molar-refractivity contribution in [3.05, 3.63) is 34.6 Å². The Labute approximate surface area is 110 Å². The van der Waals surface area contributed by atoms with E-state index in [1.165, 1.54) is 6.07 Å². The predicted molar refractivity (Wildman–Crippen MR) is 68.4 cm³/mol. The molecule has 0 spiro atoms. The van der Waals surface area contributed by atoms with Crippen molar-refractivity contribution in [2.24, 2.45) is 11.8 Å². The number of nitrogens with one attached hydrogen (secondary N) is 1. The van der Waals surface area contributed by atoms with Crippen LogP contribution in [0.3, 0.4) is 0 Å². The van der Waals surface area contributed by atoms with Crippen LogP contribution in [0.15, 0.2) is 18.2 Å². The van der Waals surface area contributed by atoms with Gasteiger partial charge < -0.3 is 0 Å². The predicted octanol–water partition coefficient (Wildman–Crippen LogP) is 2.74. The first kappa shape index (κ1) is 13.3. The molecule has 1 fully saturated rings. The SMILES string of the molecule is NNC(=O)[C@H]1CC[C@H](c2cccc(F)c2Cl)CC1. The van der Waals surface area contributed by atoms with Crippen LogP contribution in [0.2, 0.25) is 5.02 Å². The van der Waals surface area contributed by atoms with E-state index < -0.39 is 0 Å². The van der Waals surface area contributed by atoms with E-state index in [-0.39, 0.29) is 28.6 Å². The Morgan fingerprint density at radius 2 is 2.00 bits per heavy atom. The number of rotatable bonds is 2. The second-order valence-electron chi connectivity index (χ2n) is 4.70. The number of carbonyl (C=O) groups is 1. The second-order valence-corrected chi connectivity index (χ2v) is 5.08. The van der Waals surface area contributed by atoms with Crippen LogP contribution in [0.25, 0.3) is 0 Å². The fraction of sp³-hybridized carbons (Fsp3) is 0.462. The molecule has 98 valence electrons. The molecule has 3 nitrogen and oxygen atoms in total. The van der Waals surface area contributed by atoms with E-state index in [9.17, 15) is 9.18 Å². The van der Waals surface area contributed by atoms with Gasteiger partial charge in [-0.05, 0) is 43.2 Å². The van der Waals surface area contributed by atoms with E-state index in [4.69, 9.17) is 17.4 Å². The number of hydrazine groups is 1. The molecule has 18 heavy (non-hydrogen) atoms.